The van der Waals surface area contributed by atoms with Crippen molar-refractivity contribution in [2.45, 2.75) is 6.92 Å². The molecule has 1 aromatic heterocycles. The molecule has 1 aliphatic rings. The van der Waals surface area contributed by atoms with Crippen LogP contribution in [0.5, 0.6) is 11.6 Å². The van der Waals surface area contributed by atoms with Crippen LogP contribution in [0.25, 0.3) is 0 Å². The Morgan fingerprint density at radius 1 is 1.07 bits per heavy atom. The molecule has 0 atom stereocenters. The predicted molar refractivity (Wildman–Crippen MR) is 113 cm³/mol. The van der Waals surface area contributed by atoms with Gasteiger partial charge in [0.15, 0.2) is 0 Å². The fourth-order valence-electron chi connectivity index (χ4n) is 3.35. The van der Waals surface area contributed by atoms with Gasteiger partial charge in [-0.25, -0.2) is 14.4 Å². The summed E-state index contributed by atoms with van der Waals surface area (Å²) in [5.74, 6) is 0.934. The highest BCUT2D eigenvalue weighted by Gasteiger charge is 2.24. The molecule has 0 aliphatic carbocycles. The van der Waals surface area contributed by atoms with Crippen molar-refractivity contribution in [3.8, 4) is 11.6 Å². The van der Waals surface area contributed by atoms with Gasteiger partial charge in [-0.05, 0) is 36.8 Å². The van der Waals surface area contributed by atoms with Crippen LogP contribution in [0.2, 0.25) is 5.02 Å². The van der Waals surface area contributed by atoms with Gasteiger partial charge >= 0.3 is 0 Å². The maximum Gasteiger partial charge on any atom is 0.254 e. The van der Waals surface area contributed by atoms with E-state index >= 15 is 0 Å². The Morgan fingerprint density at radius 2 is 1.83 bits per heavy atom. The number of nitrogens with zero attached hydrogens (tertiary/aromatic N) is 4. The quantitative estimate of drug-likeness (QED) is 0.621. The largest absolute Gasteiger partial charge is 0.437 e. The fraction of sp³-hybridized carbons (Fsp3) is 0.227. The molecule has 2 aromatic carbocycles. The van der Waals surface area contributed by atoms with Crippen LogP contribution >= 0.6 is 11.6 Å². The van der Waals surface area contributed by atoms with Crippen LogP contribution in [0.1, 0.15) is 15.9 Å². The van der Waals surface area contributed by atoms with Gasteiger partial charge in [-0.15, -0.1) is 0 Å². The third-order valence-corrected chi connectivity index (χ3v) is 5.30. The molecule has 0 bridgehead atoms. The number of halogens is 2. The zero-order valence-corrected chi connectivity index (χ0v) is 17.1. The lowest BCUT2D eigenvalue weighted by atomic mass is 10.1. The zero-order chi connectivity index (χ0) is 21.1. The molecular formula is C22H20ClFN4O2. The van der Waals surface area contributed by atoms with Crippen LogP contribution in [0, 0.1) is 12.7 Å². The summed E-state index contributed by atoms with van der Waals surface area (Å²) < 4.78 is 18.9. The van der Waals surface area contributed by atoms with E-state index < -0.39 is 5.82 Å². The summed E-state index contributed by atoms with van der Waals surface area (Å²) in [6, 6.07) is 13.2. The highest BCUT2D eigenvalue weighted by molar-refractivity contribution is 6.32. The van der Waals surface area contributed by atoms with E-state index in [2.05, 4.69) is 14.9 Å². The van der Waals surface area contributed by atoms with Crippen molar-refractivity contribution in [2.24, 2.45) is 0 Å². The van der Waals surface area contributed by atoms with E-state index in [0.717, 1.165) is 11.1 Å². The van der Waals surface area contributed by atoms with Crippen LogP contribution in [0.15, 0.2) is 54.9 Å². The van der Waals surface area contributed by atoms with Gasteiger partial charge in [0.2, 0.25) is 5.88 Å². The number of hydrogen-bond donors (Lipinski definition) is 0. The first-order valence-electron chi connectivity index (χ1n) is 9.56. The number of aryl methyl sites for hydroxylation is 1. The van der Waals surface area contributed by atoms with Gasteiger partial charge in [0.1, 0.15) is 23.7 Å². The van der Waals surface area contributed by atoms with Crippen molar-refractivity contribution in [1.29, 1.82) is 0 Å². The average Bonchev–Trinajstić information content (AvgIpc) is 2.76. The highest BCUT2D eigenvalue weighted by atomic mass is 35.5. The topological polar surface area (TPSA) is 58.6 Å². The highest BCUT2D eigenvalue weighted by Crippen LogP contribution is 2.30. The molecule has 1 amide bonds. The number of piperazine rings is 1. The second kappa shape index (κ2) is 8.67. The Hall–Kier alpha value is -3.19. The van der Waals surface area contributed by atoms with Crippen LogP contribution in [-0.2, 0) is 0 Å². The molecule has 3 aromatic rings. The number of rotatable bonds is 4. The Bertz CT molecular complexity index is 1070. The number of amides is 1. The molecule has 154 valence electrons. The molecule has 1 fully saturated rings. The van der Waals surface area contributed by atoms with E-state index in [1.165, 1.54) is 24.5 Å². The molecule has 6 nitrogen and oxygen atoms in total. The summed E-state index contributed by atoms with van der Waals surface area (Å²) in [6.45, 7) is 4.42. The molecule has 1 saturated heterocycles. The van der Waals surface area contributed by atoms with Crippen molar-refractivity contribution in [1.82, 2.24) is 14.9 Å². The van der Waals surface area contributed by atoms with Crippen molar-refractivity contribution in [3.63, 3.8) is 0 Å². The minimum Gasteiger partial charge on any atom is -0.437 e. The standard InChI is InChI=1S/C22H20ClFN4O2/c1-15-4-2-3-5-17(15)22(29)28-10-8-27(9-11-28)20-13-21(26-14-25-20)30-19-7-6-16(24)12-18(19)23/h2-7,12-14H,8-11H2,1H3. The van der Waals surface area contributed by atoms with Crippen LogP contribution in [0.3, 0.4) is 0 Å². The average molecular weight is 427 g/mol. The van der Waals surface area contributed by atoms with Gasteiger partial charge < -0.3 is 14.5 Å². The van der Waals surface area contributed by atoms with Crippen LogP contribution < -0.4 is 9.64 Å². The molecule has 4 rings (SSSR count). The number of hydrogen-bond acceptors (Lipinski definition) is 5. The van der Waals surface area contributed by atoms with E-state index in [0.29, 0.717) is 43.6 Å². The van der Waals surface area contributed by atoms with E-state index in [1.54, 1.807) is 6.07 Å². The second-order valence-corrected chi connectivity index (χ2v) is 7.39. The Labute approximate surface area is 178 Å². The van der Waals surface area contributed by atoms with E-state index in [9.17, 15) is 9.18 Å². The Morgan fingerprint density at radius 3 is 2.57 bits per heavy atom. The lowest BCUT2D eigenvalue weighted by molar-refractivity contribution is 0.0745. The molecule has 1 aliphatic heterocycles. The maximum absolute atomic E-state index is 13.2. The Kier molecular flexibility index (Phi) is 5.81. The van der Waals surface area contributed by atoms with Gasteiger partial charge in [-0.2, -0.15) is 0 Å². The third kappa shape index (κ3) is 4.36. The van der Waals surface area contributed by atoms with Gasteiger partial charge in [-0.3, -0.25) is 4.79 Å². The molecule has 0 spiro atoms. The first-order valence-corrected chi connectivity index (χ1v) is 9.94. The number of carbonyl (C=O) groups is 1. The smallest absolute Gasteiger partial charge is 0.254 e. The molecule has 0 radical (unpaired) electrons. The lowest BCUT2D eigenvalue weighted by Gasteiger charge is -2.35. The summed E-state index contributed by atoms with van der Waals surface area (Å²) in [7, 11) is 0. The van der Waals surface area contributed by atoms with Gasteiger partial charge in [0, 0.05) is 37.8 Å². The normalized spacial score (nSPS) is 14.0. The van der Waals surface area contributed by atoms with E-state index in [4.69, 9.17) is 16.3 Å². The fourth-order valence-corrected chi connectivity index (χ4v) is 3.56. The molecule has 2 heterocycles. The summed E-state index contributed by atoms with van der Waals surface area (Å²) in [5, 5.41) is 0.165. The number of carbonyl (C=O) groups excluding carboxylic acids is 1. The van der Waals surface area contributed by atoms with Crippen LogP contribution in [-0.4, -0.2) is 47.0 Å². The number of ether oxygens (including phenoxy) is 1. The predicted octanol–water partition coefficient (Wildman–Crippen LogP) is 4.33. The number of anilines is 1. The minimum atomic E-state index is -0.436. The first kappa shape index (κ1) is 20.1. The SMILES string of the molecule is Cc1ccccc1C(=O)N1CCN(c2cc(Oc3ccc(F)cc3Cl)ncn2)CC1. The van der Waals surface area contributed by atoms with Gasteiger partial charge in [-0.1, -0.05) is 29.8 Å². The van der Waals surface area contributed by atoms with Gasteiger partial charge in [0.25, 0.3) is 5.91 Å². The van der Waals surface area contributed by atoms with E-state index in [-0.39, 0.29) is 10.9 Å². The van der Waals surface area contributed by atoms with Crippen LogP contribution in [0.4, 0.5) is 10.2 Å². The molecule has 0 saturated carbocycles. The summed E-state index contributed by atoms with van der Waals surface area (Å²) in [4.78, 5) is 25.2. The van der Waals surface area contributed by atoms with Crippen molar-refractivity contribution in [2.75, 3.05) is 31.1 Å². The number of aromatic nitrogens is 2. The van der Waals surface area contributed by atoms with Crippen molar-refractivity contribution < 1.29 is 13.9 Å². The summed E-state index contributed by atoms with van der Waals surface area (Å²) >= 11 is 6.02. The van der Waals surface area contributed by atoms with E-state index in [1.807, 2.05) is 36.1 Å². The molecule has 0 N–H and O–H groups in total. The molecule has 8 heteroatoms. The first-order chi connectivity index (χ1) is 14.5. The molecular weight excluding hydrogens is 407 g/mol. The zero-order valence-electron chi connectivity index (χ0n) is 16.4. The summed E-state index contributed by atoms with van der Waals surface area (Å²) in [5.41, 5.74) is 1.71. The Balaban J connectivity index is 1.42. The molecule has 30 heavy (non-hydrogen) atoms. The molecule has 0 unspecified atom stereocenters. The van der Waals surface area contributed by atoms with Crippen molar-refractivity contribution in [3.05, 3.63) is 76.8 Å². The number of benzene rings is 2. The summed E-state index contributed by atoms with van der Waals surface area (Å²) in [6.07, 6.45) is 1.41. The second-order valence-electron chi connectivity index (χ2n) is 6.99. The van der Waals surface area contributed by atoms with Gasteiger partial charge in [0.05, 0.1) is 5.02 Å². The monoisotopic (exact) mass is 426 g/mol. The minimum absolute atomic E-state index is 0.0467. The lowest BCUT2D eigenvalue weighted by Crippen LogP contribution is -2.49. The van der Waals surface area contributed by atoms with Crippen molar-refractivity contribution >= 4 is 23.3 Å². The third-order valence-electron chi connectivity index (χ3n) is 5.00. The maximum atomic E-state index is 13.2.